The number of benzene rings is 1. The molecule has 1 spiro atoms. The first-order chi connectivity index (χ1) is 12.8. The molecule has 1 aliphatic carbocycles. The van der Waals surface area contributed by atoms with E-state index in [9.17, 15) is 14.4 Å². The van der Waals surface area contributed by atoms with Gasteiger partial charge >= 0.3 is 6.03 Å². The molecule has 7 heteroatoms. The molecule has 1 aliphatic heterocycles. The molecule has 146 valence electrons. The molecule has 0 aromatic heterocycles. The predicted octanol–water partition coefficient (Wildman–Crippen LogP) is 2.28. The molecule has 7 nitrogen and oxygen atoms in total. The molecule has 0 bridgehead atoms. The maximum absolute atomic E-state index is 13.0. The number of hydrogen-bond donors (Lipinski definition) is 1. The minimum absolute atomic E-state index is 0.230. The van der Waals surface area contributed by atoms with Crippen LogP contribution in [0.15, 0.2) is 24.3 Å². The average Bonchev–Trinajstić information content (AvgIpc) is 2.80. The minimum Gasteiger partial charge on any atom is -0.324 e. The molecule has 27 heavy (non-hydrogen) atoms. The first-order valence-electron chi connectivity index (χ1n) is 9.47. The number of hydrogen-bond acceptors (Lipinski definition) is 4. The van der Waals surface area contributed by atoms with Crippen LogP contribution >= 0.6 is 0 Å². The number of carbonyl (C=O) groups excluding carboxylic acids is 3. The molecule has 0 radical (unpaired) electrons. The Labute approximate surface area is 160 Å². The van der Waals surface area contributed by atoms with Crippen LogP contribution in [-0.4, -0.2) is 65.8 Å². The number of likely N-dealkylation sites (N-methyl/N-ethyl adjacent to an activating group) is 1. The van der Waals surface area contributed by atoms with Gasteiger partial charge in [-0.15, -0.1) is 0 Å². The van der Waals surface area contributed by atoms with Gasteiger partial charge in [0.25, 0.3) is 5.91 Å². The van der Waals surface area contributed by atoms with Gasteiger partial charge in [-0.05, 0) is 38.6 Å². The van der Waals surface area contributed by atoms with E-state index in [1.807, 2.05) is 43.3 Å². The van der Waals surface area contributed by atoms with Crippen molar-refractivity contribution >= 4 is 23.5 Å². The fourth-order valence-corrected chi connectivity index (χ4v) is 4.13. The summed E-state index contributed by atoms with van der Waals surface area (Å²) >= 11 is 0. The van der Waals surface area contributed by atoms with E-state index >= 15 is 0 Å². The number of urea groups is 1. The van der Waals surface area contributed by atoms with Crippen molar-refractivity contribution in [1.29, 1.82) is 0 Å². The minimum atomic E-state index is -0.752. The van der Waals surface area contributed by atoms with E-state index in [1.165, 1.54) is 0 Å². The number of nitrogens with one attached hydrogen (secondary N) is 1. The monoisotopic (exact) mass is 372 g/mol. The van der Waals surface area contributed by atoms with Gasteiger partial charge in [0.1, 0.15) is 12.1 Å². The van der Waals surface area contributed by atoms with Crippen molar-refractivity contribution in [1.82, 2.24) is 14.7 Å². The van der Waals surface area contributed by atoms with Crippen LogP contribution in [-0.2, 0) is 16.1 Å². The maximum atomic E-state index is 13.0. The second-order valence-electron chi connectivity index (χ2n) is 7.77. The van der Waals surface area contributed by atoms with Crippen LogP contribution < -0.4 is 5.32 Å². The van der Waals surface area contributed by atoms with Gasteiger partial charge in [0.05, 0.1) is 0 Å². The number of para-hydroxylation sites is 1. The third kappa shape index (κ3) is 3.69. The predicted molar refractivity (Wildman–Crippen MR) is 103 cm³/mol. The second-order valence-corrected chi connectivity index (χ2v) is 7.77. The van der Waals surface area contributed by atoms with Crippen molar-refractivity contribution in [2.75, 3.05) is 33.0 Å². The summed E-state index contributed by atoms with van der Waals surface area (Å²) in [5.74, 6) is -0.587. The Morgan fingerprint density at radius 1 is 1.15 bits per heavy atom. The molecule has 0 unspecified atom stereocenters. The number of amides is 4. The molecular formula is C20H28N4O3. The summed E-state index contributed by atoms with van der Waals surface area (Å²) in [4.78, 5) is 42.9. The quantitative estimate of drug-likeness (QED) is 0.805. The molecular weight excluding hydrogens is 344 g/mol. The van der Waals surface area contributed by atoms with E-state index in [4.69, 9.17) is 0 Å². The van der Waals surface area contributed by atoms with Gasteiger partial charge in [0.2, 0.25) is 5.91 Å². The molecule has 1 N–H and O–H groups in total. The normalized spacial score (nSPS) is 19.3. The highest BCUT2D eigenvalue weighted by Crippen LogP contribution is 2.39. The number of anilines is 1. The van der Waals surface area contributed by atoms with Crippen LogP contribution in [0.1, 0.15) is 37.7 Å². The maximum Gasteiger partial charge on any atom is 0.327 e. The van der Waals surface area contributed by atoms with Crippen molar-refractivity contribution in [3.8, 4) is 0 Å². The zero-order valence-electron chi connectivity index (χ0n) is 16.3. The lowest BCUT2D eigenvalue weighted by atomic mass is 9.81. The highest BCUT2D eigenvalue weighted by molar-refractivity contribution is 6.10. The topological polar surface area (TPSA) is 73.0 Å². The van der Waals surface area contributed by atoms with Crippen LogP contribution in [0.3, 0.4) is 0 Å². The molecule has 3 rings (SSSR count). The standard InChI is InChI=1S/C20H28N4O3/c1-22(2)13-15-9-5-6-10-16(15)21-17(25)14-24-18(26)20(23(3)19(24)27)11-7-4-8-12-20/h5-6,9-10H,4,7-8,11-14H2,1-3H3,(H,21,25). The third-order valence-electron chi connectivity index (χ3n) is 5.56. The first-order valence-corrected chi connectivity index (χ1v) is 9.47. The van der Waals surface area contributed by atoms with E-state index in [0.717, 1.165) is 29.7 Å². The van der Waals surface area contributed by atoms with E-state index < -0.39 is 5.54 Å². The zero-order chi connectivity index (χ0) is 19.6. The lowest BCUT2D eigenvalue weighted by Gasteiger charge is -2.35. The van der Waals surface area contributed by atoms with Gasteiger partial charge in [-0.25, -0.2) is 4.79 Å². The third-order valence-corrected chi connectivity index (χ3v) is 5.56. The summed E-state index contributed by atoms with van der Waals surface area (Å²) in [6.07, 6.45) is 4.30. The molecule has 2 aliphatic rings. The van der Waals surface area contributed by atoms with Gasteiger partial charge in [-0.2, -0.15) is 0 Å². The summed E-state index contributed by atoms with van der Waals surface area (Å²) in [6, 6.07) is 7.18. The van der Waals surface area contributed by atoms with Crippen LogP contribution in [0.25, 0.3) is 0 Å². The molecule has 0 atom stereocenters. The van der Waals surface area contributed by atoms with Crippen molar-refractivity contribution in [2.45, 2.75) is 44.2 Å². The van der Waals surface area contributed by atoms with Crippen molar-refractivity contribution < 1.29 is 14.4 Å². The molecule has 1 saturated carbocycles. The van der Waals surface area contributed by atoms with Gasteiger partial charge in [-0.1, -0.05) is 37.5 Å². The molecule has 1 heterocycles. The Morgan fingerprint density at radius 2 is 1.81 bits per heavy atom. The van der Waals surface area contributed by atoms with Crippen LogP contribution in [0.5, 0.6) is 0 Å². The summed E-state index contributed by atoms with van der Waals surface area (Å²) in [6.45, 7) is 0.434. The van der Waals surface area contributed by atoms with E-state index in [0.29, 0.717) is 25.1 Å². The number of carbonyl (C=O) groups is 3. The Balaban J connectivity index is 1.71. The fraction of sp³-hybridized carbons (Fsp3) is 0.550. The Morgan fingerprint density at radius 3 is 2.48 bits per heavy atom. The number of nitrogens with zero attached hydrogens (tertiary/aromatic N) is 3. The van der Waals surface area contributed by atoms with Gasteiger partial charge in [0, 0.05) is 19.3 Å². The van der Waals surface area contributed by atoms with Gasteiger partial charge in [-0.3, -0.25) is 14.5 Å². The Kier molecular flexibility index (Phi) is 5.51. The zero-order valence-corrected chi connectivity index (χ0v) is 16.3. The molecule has 1 aromatic carbocycles. The SMILES string of the molecule is CN(C)Cc1ccccc1NC(=O)CN1C(=O)N(C)C2(CCCCC2)C1=O. The summed E-state index contributed by atoms with van der Waals surface area (Å²) < 4.78 is 0. The van der Waals surface area contributed by atoms with Gasteiger partial charge in [0.15, 0.2) is 0 Å². The lowest BCUT2D eigenvalue weighted by molar-refractivity contribution is -0.136. The Bertz CT molecular complexity index is 740. The Hall–Kier alpha value is -2.41. The van der Waals surface area contributed by atoms with Crippen molar-refractivity contribution in [2.24, 2.45) is 0 Å². The molecule has 4 amide bonds. The molecule has 1 saturated heterocycles. The van der Waals surface area contributed by atoms with Crippen LogP contribution in [0, 0.1) is 0 Å². The van der Waals surface area contributed by atoms with Crippen LogP contribution in [0.2, 0.25) is 0 Å². The molecule has 2 fully saturated rings. The highest BCUT2D eigenvalue weighted by atomic mass is 16.2. The van der Waals surface area contributed by atoms with E-state index in [2.05, 4.69) is 5.32 Å². The van der Waals surface area contributed by atoms with Gasteiger partial charge < -0.3 is 15.1 Å². The number of rotatable bonds is 5. The van der Waals surface area contributed by atoms with E-state index in [1.54, 1.807) is 11.9 Å². The van der Waals surface area contributed by atoms with Crippen LogP contribution in [0.4, 0.5) is 10.5 Å². The lowest BCUT2D eigenvalue weighted by Crippen LogP contribution is -2.49. The van der Waals surface area contributed by atoms with E-state index in [-0.39, 0.29) is 24.4 Å². The van der Waals surface area contributed by atoms with Crippen molar-refractivity contribution in [3.05, 3.63) is 29.8 Å². The molecule has 1 aromatic rings. The second kappa shape index (κ2) is 7.68. The summed E-state index contributed by atoms with van der Waals surface area (Å²) in [5.41, 5.74) is 0.935. The largest absolute Gasteiger partial charge is 0.327 e. The highest BCUT2D eigenvalue weighted by Gasteiger charge is 2.55. The first kappa shape index (κ1) is 19.4. The smallest absolute Gasteiger partial charge is 0.324 e. The fourth-order valence-electron chi connectivity index (χ4n) is 4.13. The van der Waals surface area contributed by atoms with Crippen molar-refractivity contribution in [3.63, 3.8) is 0 Å². The average molecular weight is 372 g/mol. The summed E-state index contributed by atoms with van der Waals surface area (Å²) in [5, 5.41) is 2.86. The summed E-state index contributed by atoms with van der Waals surface area (Å²) in [7, 11) is 5.59. The number of imide groups is 1.